The Hall–Kier alpha value is -2.15. The van der Waals surface area contributed by atoms with Crippen LogP contribution in [-0.2, 0) is 9.47 Å². The van der Waals surface area contributed by atoms with Crippen molar-refractivity contribution in [1.29, 1.82) is 0 Å². The van der Waals surface area contributed by atoms with E-state index in [1.165, 1.54) is 5.56 Å². The van der Waals surface area contributed by atoms with Crippen LogP contribution in [-0.4, -0.2) is 57.8 Å². The fourth-order valence-corrected chi connectivity index (χ4v) is 4.37. The third-order valence-corrected chi connectivity index (χ3v) is 5.87. The predicted molar refractivity (Wildman–Crippen MR) is 111 cm³/mol. The number of imidazole rings is 1. The molecule has 2 fully saturated rings. The van der Waals surface area contributed by atoms with Gasteiger partial charge in [0.15, 0.2) is 5.65 Å². The van der Waals surface area contributed by atoms with Gasteiger partial charge >= 0.3 is 6.09 Å². The molecule has 0 spiro atoms. The number of hydrogen-bond acceptors (Lipinski definition) is 5. The molecule has 7 heteroatoms. The maximum absolute atomic E-state index is 12.5. The van der Waals surface area contributed by atoms with Crippen molar-refractivity contribution >= 4 is 17.3 Å². The summed E-state index contributed by atoms with van der Waals surface area (Å²) in [6, 6.07) is 2.11. The van der Waals surface area contributed by atoms with Gasteiger partial charge in [-0.2, -0.15) is 0 Å². The third kappa shape index (κ3) is 4.71. The highest BCUT2D eigenvalue weighted by atomic mass is 16.6. The number of fused-ring (bicyclic) bond motifs is 1. The first-order valence-electron chi connectivity index (χ1n) is 10.8. The highest BCUT2D eigenvalue weighted by Gasteiger charge is 2.27. The number of aromatic nitrogens is 3. The zero-order chi connectivity index (χ0) is 20.4. The lowest BCUT2D eigenvalue weighted by Gasteiger charge is -2.26. The van der Waals surface area contributed by atoms with Crippen LogP contribution in [0, 0.1) is 0 Å². The standard InChI is InChI=1S/C22H32N4O3/c1-22(2,3)29-21(27)26-11-4-5-15(7-12-26)17-6-10-23-20-18(17)24-19(25-20)16-8-13-28-14-9-16/h6,10,15-16H,4-5,7-9,11-14H2,1-3H3,(H,23,24,25). The minimum atomic E-state index is -0.462. The second-order valence-electron chi connectivity index (χ2n) is 9.20. The van der Waals surface area contributed by atoms with Gasteiger partial charge in [-0.25, -0.2) is 14.8 Å². The Kier molecular flexibility index (Phi) is 5.76. The van der Waals surface area contributed by atoms with E-state index in [2.05, 4.69) is 16.0 Å². The van der Waals surface area contributed by atoms with Gasteiger partial charge in [-0.15, -0.1) is 0 Å². The number of pyridine rings is 1. The van der Waals surface area contributed by atoms with Gasteiger partial charge < -0.3 is 19.4 Å². The first-order chi connectivity index (χ1) is 13.9. The van der Waals surface area contributed by atoms with E-state index in [1.54, 1.807) is 0 Å². The lowest BCUT2D eigenvalue weighted by atomic mass is 9.92. The summed E-state index contributed by atoms with van der Waals surface area (Å²) >= 11 is 0. The van der Waals surface area contributed by atoms with Crippen LogP contribution < -0.4 is 0 Å². The molecule has 2 aliphatic heterocycles. The summed E-state index contributed by atoms with van der Waals surface area (Å²) < 4.78 is 11.1. The van der Waals surface area contributed by atoms with Gasteiger partial charge in [-0.05, 0) is 70.4 Å². The monoisotopic (exact) mass is 400 g/mol. The fourth-order valence-electron chi connectivity index (χ4n) is 4.37. The minimum Gasteiger partial charge on any atom is -0.444 e. The van der Waals surface area contributed by atoms with Crippen LogP contribution in [0.1, 0.15) is 76.1 Å². The van der Waals surface area contributed by atoms with E-state index in [1.807, 2.05) is 31.9 Å². The molecule has 2 aliphatic rings. The van der Waals surface area contributed by atoms with Crippen LogP contribution in [0.2, 0.25) is 0 Å². The Balaban J connectivity index is 1.51. The number of carbonyl (C=O) groups is 1. The molecule has 2 aromatic rings. The molecular formula is C22H32N4O3. The Bertz CT molecular complexity index is 851. The predicted octanol–water partition coefficient (Wildman–Crippen LogP) is 4.36. The lowest BCUT2D eigenvalue weighted by molar-refractivity contribution is 0.0256. The van der Waals surface area contributed by atoms with E-state index >= 15 is 0 Å². The number of hydrogen-bond donors (Lipinski definition) is 1. The fraction of sp³-hybridized carbons (Fsp3) is 0.682. The highest BCUT2D eigenvalue weighted by Crippen LogP contribution is 2.34. The van der Waals surface area contributed by atoms with Crippen molar-refractivity contribution in [3.8, 4) is 0 Å². The van der Waals surface area contributed by atoms with Gasteiger partial charge in [0.05, 0.1) is 5.52 Å². The maximum Gasteiger partial charge on any atom is 0.410 e. The summed E-state index contributed by atoms with van der Waals surface area (Å²) in [5.41, 5.74) is 2.67. The number of carbonyl (C=O) groups excluding carboxylic acids is 1. The smallest absolute Gasteiger partial charge is 0.410 e. The van der Waals surface area contributed by atoms with Crippen LogP contribution in [0.25, 0.3) is 11.2 Å². The zero-order valence-corrected chi connectivity index (χ0v) is 17.7. The van der Waals surface area contributed by atoms with Gasteiger partial charge in [0, 0.05) is 38.4 Å². The average molecular weight is 401 g/mol. The topological polar surface area (TPSA) is 80.3 Å². The van der Waals surface area contributed by atoms with Crippen molar-refractivity contribution < 1.29 is 14.3 Å². The molecule has 1 unspecified atom stereocenters. The molecule has 0 saturated carbocycles. The van der Waals surface area contributed by atoms with E-state index in [4.69, 9.17) is 14.5 Å². The number of nitrogens with zero attached hydrogens (tertiary/aromatic N) is 3. The number of rotatable bonds is 2. The lowest BCUT2D eigenvalue weighted by Crippen LogP contribution is -2.37. The van der Waals surface area contributed by atoms with Crippen molar-refractivity contribution in [1.82, 2.24) is 19.9 Å². The Morgan fingerprint density at radius 3 is 2.72 bits per heavy atom. The second-order valence-corrected chi connectivity index (χ2v) is 9.20. The Morgan fingerprint density at radius 1 is 1.17 bits per heavy atom. The molecule has 4 rings (SSSR count). The summed E-state index contributed by atoms with van der Waals surface area (Å²) in [4.78, 5) is 27.2. The van der Waals surface area contributed by atoms with Crippen LogP contribution in [0.5, 0.6) is 0 Å². The minimum absolute atomic E-state index is 0.207. The van der Waals surface area contributed by atoms with E-state index in [-0.39, 0.29) is 6.09 Å². The number of amides is 1. The summed E-state index contributed by atoms with van der Waals surface area (Å²) in [7, 11) is 0. The van der Waals surface area contributed by atoms with Crippen LogP contribution in [0.3, 0.4) is 0 Å². The van der Waals surface area contributed by atoms with Crippen LogP contribution >= 0.6 is 0 Å². The molecule has 1 amide bonds. The first kappa shape index (κ1) is 20.1. The van der Waals surface area contributed by atoms with Gasteiger partial charge in [0.25, 0.3) is 0 Å². The number of ether oxygens (including phenoxy) is 2. The third-order valence-electron chi connectivity index (χ3n) is 5.87. The SMILES string of the molecule is CC(C)(C)OC(=O)N1CCCC(c2ccnc3nc(C4CCOCC4)[nH]c23)CC1. The van der Waals surface area contributed by atoms with Crippen molar-refractivity contribution in [3.05, 3.63) is 23.7 Å². The zero-order valence-electron chi connectivity index (χ0n) is 17.7. The van der Waals surface area contributed by atoms with Crippen molar-refractivity contribution in [2.24, 2.45) is 0 Å². The van der Waals surface area contributed by atoms with Crippen molar-refractivity contribution in [2.45, 2.75) is 70.3 Å². The number of nitrogens with one attached hydrogen (secondary N) is 1. The number of aromatic amines is 1. The maximum atomic E-state index is 12.5. The van der Waals surface area contributed by atoms with Gasteiger partial charge in [0.2, 0.25) is 0 Å². The molecule has 1 N–H and O–H groups in total. The molecule has 0 aromatic carbocycles. The summed E-state index contributed by atoms with van der Waals surface area (Å²) in [5, 5.41) is 0. The quantitative estimate of drug-likeness (QED) is 0.810. The molecule has 0 radical (unpaired) electrons. The number of likely N-dealkylation sites (tertiary alicyclic amines) is 1. The first-order valence-corrected chi connectivity index (χ1v) is 10.8. The van der Waals surface area contributed by atoms with Gasteiger partial charge in [-0.1, -0.05) is 0 Å². The van der Waals surface area contributed by atoms with E-state index < -0.39 is 5.60 Å². The molecule has 2 aromatic heterocycles. The van der Waals surface area contributed by atoms with E-state index in [0.717, 1.165) is 68.9 Å². The van der Waals surface area contributed by atoms with E-state index in [0.29, 0.717) is 18.4 Å². The molecule has 0 bridgehead atoms. The molecule has 29 heavy (non-hydrogen) atoms. The molecule has 7 nitrogen and oxygen atoms in total. The molecule has 1 atom stereocenters. The molecule has 158 valence electrons. The largest absolute Gasteiger partial charge is 0.444 e. The Labute approximate surface area is 172 Å². The highest BCUT2D eigenvalue weighted by molar-refractivity contribution is 5.75. The molecular weight excluding hydrogens is 368 g/mol. The number of H-pyrrole nitrogens is 1. The van der Waals surface area contributed by atoms with Crippen LogP contribution in [0.15, 0.2) is 12.3 Å². The normalized spacial score (nSPS) is 21.9. The van der Waals surface area contributed by atoms with Crippen molar-refractivity contribution in [3.63, 3.8) is 0 Å². The van der Waals surface area contributed by atoms with Crippen LogP contribution in [0.4, 0.5) is 4.79 Å². The van der Waals surface area contributed by atoms with Crippen molar-refractivity contribution in [2.75, 3.05) is 26.3 Å². The Morgan fingerprint density at radius 2 is 1.97 bits per heavy atom. The second kappa shape index (κ2) is 8.30. The summed E-state index contributed by atoms with van der Waals surface area (Å²) in [5.74, 6) is 1.84. The summed E-state index contributed by atoms with van der Waals surface area (Å²) in [6.07, 6.45) is 6.60. The molecule has 4 heterocycles. The van der Waals surface area contributed by atoms with E-state index in [9.17, 15) is 4.79 Å². The summed E-state index contributed by atoms with van der Waals surface area (Å²) in [6.45, 7) is 8.78. The molecule has 2 saturated heterocycles. The van der Waals surface area contributed by atoms with Gasteiger partial charge in [-0.3, -0.25) is 0 Å². The molecule has 0 aliphatic carbocycles. The van der Waals surface area contributed by atoms with Gasteiger partial charge in [0.1, 0.15) is 11.4 Å². The average Bonchev–Trinajstić information content (AvgIpc) is 2.97.